The standard InChI is InChI=1S/C19H13F2N3O4/c20-19(21)28-17-8-5-13(6-9-17)4-7-15-10-11-22-18(23(15)25)14-2-1-3-16(12-14)24(26)27/h1-12,19H/b7-4+. The molecule has 0 spiro atoms. The molecule has 0 amide bonds. The lowest BCUT2D eigenvalue weighted by molar-refractivity contribution is -0.598. The van der Waals surface area contributed by atoms with Crippen LogP contribution >= 0.6 is 0 Å². The predicted octanol–water partition coefficient (Wildman–Crippen LogP) is 4.06. The highest BCUT2D eigenvalue weighted by molar-refractivity contribution is 5.67. The molecular weight excluding hydrogens is 372 g/mol. The molecule has 0 bridgehead atoms. The largest absolute Gasteiger partial charge is 0.710 e. The first-order chi connectivity index (χ1) is 13.4. The molecule has 1 aromatic heterocycles. The molecule has 0 atom stereocenters. The topological polar surface area (TPSA) is 92.2 Å². The van der Waals surface area contributed by atoms with Crippen LogP contribution in [0.5, 0.6) is 5.75 Å². The molecule has 28 heavy (non-hydrogen) atoms. The van der Waals surface area contributed by atoms with Crippen molar-refractivity contribution in [1.82, 2.24) is 4.98 Å². The van der Waals surface area contributed by atoms with Gasteiger partial charge in [0.15, 0.2) is 0 Å². The summed E-state index contributed by atoms with van der Waals surface area (Å²) in [5.41, 5.74) is 1.08. The lowest BCUT2D eigenvalue weighted by atomic mass is 10.1. The second kappa shape index (κ2) is 8.21. The zero-order chi connectivity index (χ0) is 20.1. The molecule has 0 N–H and O–H groups in total. The third-order valence-electron chi connectivity index (χ3n) is 3.74. The smallest absolute Gasteiger partial charge is 0.387 e. The first kappa shape index (κ1) is 18.9. The van der Waals surface area contributed by atoms with Crippen LogP contribution in [-0.2, 0) is 0 Å². The highest BCUT2D eigenvalue weighted by Crippen LogP contribution is 2.20. The maximum atomic E-state index is 12.6. The van der Waals surface area contributed by atoms with E-state index in [0.717, 1.165) is 0 Å². The van der Waals surface area contributed by atoms with Gasteiger partial charge in [-0.3, -0.25) is 10.1 Å². The van der Waals surface area contributed by atoms with Crippen LogP contribution in [0.25, 0.3) is 23.5 Å². The summed E-state index contributed by atoms with van der Waals surface area (Å²) in [5.74, 6) is 0.0504. The highest BCUT2D eigenvalue weighted by Gasteiger charge is 2.16. The molecule has 0 radical (unpaired) electrons. The zero-order valence-electron chi connectivity index (χ0n) is 14.2. The Bertz CT molecular complexity index is 1020. The number of alkyl halides is 2. The summed E-state index contributed by atoms with van der Waals surface area (Å²) in [6, 6.07) is 13.0. The van der Waals surface area contributed by atoms with Crippen LogP contribution < -0.4 is 9.47 Å². The van der Waals surface area contributed by atoms with Crippen LogP contribution in [-0.4, -0.2) is 16.5 Å². The molecule has 0 fully saturated rings. The van der Waals surface area contributed by atoms with Crippen molar-refractivity contribution in [1.29, 1.82) is 0 Å². The Morgan fingerprint density at radius 3 is 2.54 bits per heavy atom. The van der Waals surface area contributed by atoms with Gasteiger partial charge in [-0.25, -0.2) is 4.73 Å². The molecule has 142 valence electrons. The third-order valence-corrected chi connectivity index (χ3v) is 3.74. The molecule has 1 heterocycles. The van der Waals surface area contributed by atoms with E-state index in [9.17, 15) is 24.1 Å². The van der Waals surface area contributed by atoms with Crippen molar-refractivity contribution in [2.45, 2.75) is 6.61 Å². The summed E-state index contributed by atoms with van der Waals surface area (Å²) in [7, 11) is 0. The Kier molecular flexibility index (Phi) is 5.54. The van der Waals surface area contributed by atoms with Gasteiger partial charge in [0.2, 0.25) is 0 Å². The molecule has 3 rings (SSSR count). The third kappa shape index (κ3) is 4.44. The summed E-state index contributed by atoms with van der Waals surface area (Å²) in [6.07, 6.45) is 4.56. The molecule has 0 aliphatic rings. The fraction of sp³-hybridized carbons (Fsp3) is 0.0526. The van der Waals surface area contributed by atoms with Gasteiger partial charge < -0.3 is 9.94 Å². The van der Waals surface area contributed by atoms with E-state index < -0.39 is 11.5 Å². The monoisotopic (exact) mass is 385 g/mol. The van der Waals surface area contributed by atoms with Crippen molar-refractivity contribution in [2.24, 2.45) is 0 Å². The molecule has 9 heteroatoms. The summed E-state index contributed by atoms with van der Waals surface area (Å²) in [5, 5.41) is 23.5. The zero-order valence-corrected chi connectivity index (χ0v) is 14.2. The summed E-state index contributed by atoms with van der Waals surface area (Å²) in [4.78, 5) is 14.4. The number of hydrogen-bond donors (Lipinski definition) is 0. The Morgan fingerprint density at radius 1 is 1.11 bits per heavy atom. The fourth-order valence-corrected chi connectivity index (χ4v) is 2.44. The van der Waals surface area contributed by atoms with E-state index in [1.54, 1.807) is 24.3 Å². The number of benzene rings is 2. The van der Waals surface area contributed by atoms with Crippen LogP contribution in [0.3, 0.4) is 0 Å². The average Bonchev–Trinajstić information content (AvgIpc) is 2.68. The van der Waals surface area contributed by atoms with Crippen LogP contribution in [0.2, 0.25) is 0 Å². The number of nitrogens with zero attached hydrogens (tertiary/aromatic N) is 3. The lowest BCUT2D eigenvalue weighted by Crippen LogP contribution is -2.33. The van der Waals surface area contributed by atoms with E-state index in [-0.39, 0.29) is 23.0 Å². The minimum atomic E-state index is -2.90. The molecule has 0 aliphatic heterocycles. The van der Waals surface area contributed by atoms with Gasteiger partial charge in [-0.15, -0.1) is 0 Å². The second-order valence-electron chi connectivity index (χ2n) is 5.58. The van der Waals surface area contributed by atoms with Crippen molar-refractivity contribution >= 4 is 17.8 Å². The number of halogens is 2. The Hall–Kier alpha value is -3.88. The molecule has 0 unspecified atom stereocenters. The number of non-ortho nitro benzene ring substituents is 1. The van der Waals surface area contributed by atoms with Gasteiger partial charge >= 0.3 is 12.4 Å². The maximum Gasteiger partial charge on any atom is 0.387 e. The van der Waals surface area contributed by atoms with Gasteiger partial charge in [0.1, 0.15) is 17.6 Å². The summed E-state index contributed by atoms with van der Waals surface area (Å²) in [6.45, 7) is -2.90. The molecule has 0 saturated heterocycles. The average molecular weight is 385 g/mol. The van der Waals surface area contributed by atoms with Gasteiger partial charge in [0.25, 0.3) is 5.69 Å². The second-order valence-corrected chi connectivity index (χ2v) is 5.58. The molecule has 7 nitrogen and oxygen atoms in total. The van der Waals surface area contributed by atoms with Crippen LogP contribution in [0.1, 0.15) is 11.3 Å². The first-order valence-corrected chi connectivity index (χ1v) is 8.00. The van der Waals surface area contributed by atoms with Gasteiger partial charge in [-0.05, 0) is 34.8 Å². The SMILES string of the molecule is O=[N+]([O-])c1cccc(-c2nccc(/C=C/c3ccc(OC(F)F)cc3)[n+]2[O-])c1. The van der Waals surface area contributed by atoms with E-state index in [4.69, 9.17) is 0 Å². The van der Waals surface area contributed by atoms with Crippen LogP contribution in [0, 0.1) is 15.3 Å². The normalized spacial score (nSPS) is 11.1. The summed E-state index contributed by atoms with van der Waals surface area (Å²) < 4.78 is 29.2. The quantitative estimate of drug-likeness (QED) is 0.276. The van der Waals surface area contributed by atoms with Crippen molar-refractivity contribution in [3.05, 3.63) is 87.4 Å². The number of aromatic nitrogens is 2. The fourth-order valence-electron chi connectivity index (χ4n) is 2.44. The molecule has 0 aliphatic carbocycles. The number of nitro groups is 1. The van der Waals surface area contributed by atoms with E-state index in [1.807, 2.05) is 0 Å². The van der Waals surface area contributed by atoms with Gasteiger partial charge in [-0.1, -0.05) is 24.3 Å². The van der Waals surface area contributed by atoms with Crippen molar-refractivity contribution < 1.29 is 23.2 Å². The number of ether oxygens (including phenoxy) is 1. The highest BCUT2D eigenvalue weighted by atomic mass is 19.3. The van der Waals surface area contributed by atoms with Gasteiger partial charge in [-0.2, -0.15) is 8.78 Å². The van der Waals surface area contributed by atoms with Crippen molar-refractivity contribution in [3.8, 4) is 17.1 Å². The Balaban J connectivity index is 1.86. The van der Waals surface area contributed by atoms with E-state index >= 15 is 0 Å². The van der Waals surface area contributed by atoms with Gasteiger partial charge in [0, 0.05) is 18.2 Å². The lowest BCUT2D eigenvalue weighted by Gasteiger charge is -2.09. The minimum absolute atomic E-state index is 0.0199. The molecule has 3 aromatic rings. The molecular formula is C19H13F2N3O4. The number of rotatable bonds is 6. The van der Waals surface area contributed by atoms with Crippen LogP contribution in [0.4, 0.5) is 14.5 Å². The van der Waals surface area contributed by atoms with E-state index in [0.29, 0.717) is 15.9 Å². The van der Waals surface area contributed by atoms with E-state index in [2.05, 4.69) is 9.72 Å². The first-order valence-electron chi connectivity index (χ1n) is 8.00. The summed E-state index contributed by atoms with van der Waals surface area (Å²) >= 11 is 0. The Morgan fingerprint density at radius 2 is 1.86 bits per heavy atom. The van der Waals surface area contributed by atoms with Crippen LogP contribution in [0.15, 0.2) is 60.8 Å². The molecule has 2 aromatic carbocycles. The number of hydrogen-bond acceptors (Lipinski definition) is 5. The van der Waals surface area contributed by atoms with Gasteiger partial charge in [0.05, 0.1) is 10.5 Å². The maximum absolute atomic E-state index is 12.6. The van der Waals surface area contributed by atoms with Crippen molar-refractivity contribution in [2.75, 3.05) is 0 Å². The predicted molar refractivity (Wildman–Crippen MR) is 97.3 cm³/mol. The van der Waals surface area contributed by atoms with E-state index in [1.165, 1.54) is 48.7 Å². The minimum Gasteiger partial charge on any atom is -0.710 e. The molecule has 0 saturated carbocycles. The Labute approximate surface area is 157 Å². The van der Waals surface area contributed by atoms with Crippen molar-refractivity contribution in [3.63, 3.8) is 0 Å². The number of nitro benzene ring substituents is 1.